The largest absolute Gasteiger partial charge is 0.393 e. The van der Waals surface area contributed by atoms with Crippen LogP contribution in [-0.2, 0) is 18.7 Å². The minimum atomic E-state index is -4.24. The van der Waals surface area contributed by atoms with Gasteiger partial charge in [-0.25, -0.2) is 14.4 Å². The molecule has 5 nitrogen and oxygen atoms in total. The minimum absolute atomic E-state index is 0.108. The molecule has 0 aliphatic carbocycles. The Morgan fingerprint density at radius 2 is 1.94 bits per heavy atom. The van der Waals surface area contributed by atoms with Crippen LogP contribution in [0.1, 0.15) is 28.8 Å². The molecule has 3 aromatic rings. The lowest BCUT2D eigenvalue weighted by Crippen LogP contribution is -2.31. The number of hydrogen-bond acceptors (Lipinski definition) is 7. The Labute approximate surface area is 203 Å². The monoisotopic (exact) mass is 511 g/mol. The van der Waals surface area contributed by atoms with Crippen LogP contribution in [0.3, 0.4) is 0 Å². The van der Waals surface area contributed by atoms with Crippen LogP contribution in [0.25, 0.3) is 10.2 Å². The number of nitrogens with zero attached hydrogens (tertiary/aromatic N) is 4. The number of benzene rings is 1. The van der Waals surface area contributed by atoms with E-state index in [2.05, 4.69) is 19.8 Å². The summed E-state index contributed by atoms with van der Waals surface area (Å²) in [5.74, 6) is 0.956. The van der Waals surface area contributed by atoms with Crippen molar-refractivity contribution in [3.05, 3.63) is 52.4 Å². The highest BCUT2D eigenvalue weighted by Crippen LogP contribution is 2.43. The Kier molecular flexibility index (Phi) is 6.47. The van der Waals surface area contributed by atoms with Gasteiger partial charge < -0.3 is 4.90 Å². The van der Waals surface area contributed by atoms with E-state index < -0.39 is 12.6 Å². The van der Waals surface area contributed by atoms with Crippen molar-refractivity contribution in [1.29, 1.82) is 0 Å². The zero-order chi connectivity index (χ0) is 23.9. The average Bonchev–Trinajstić information content (AvgIpc) is 3.47. The predicted octanol–water partition coefficient (Wildman–Crippen LogP) is 5.14. The van der Waals surface area contributed by atoms with E-state index >= 15 is 0 Å². The summed E-state index contributed by atoms with van der Waals surface area (Å²) < 4.78 is 52.9. The summed E-state index contributed by atoms with van der Waals surface area (Å²) in [6.45, 7) is 4.15. The molecule has 4 heterocycles. The second-order valence-electron chi connectivity index (χ2n) is 9.29. The normalized spacial score (nSPS) is 21.4. The smallest absolute Gasteiger partial charge is 0.355 e. The SMILES string of the molecule is NSCc1ccc(CN2CCC3(CCN(c4ncnc5sc(CC(F)(F)F)cc45)C3)C2)cc1F. The van der Waals surface area contributed by atoms with Crippen molar-refractivity contribution in [1.82, 2.24) is 14.9 Å². The molecule has 0 amide bonds. The zero-order valence-electron chi connectivity index (χ0n) is 18.4. The molecule has 1 aromatic carbocycles. The van der Waals surface area contributed by atoms with Gasteiger partial charge in [0.2, 0.25) is 0 Å². The minimum Gasteiger partial charge on any atom is -0.355 e. The first kappa shape index (κ1) is 23.8. The summed E-state index contributed by atoms with van der Waals surface area (Å²) in [5, 5.41) is 6.16. The molecule has 2 saturated heterocycles. The van der Waals surface area contributed by atoms with Crippen LogP contribution in [0, 0.1) is 11.2 Å². The number of hydrogen-bond donors (Lipinski definition) is 1. The highest BCUT2D eigenvalue weighted by molar-refractivity contribution is 7.96. The predicted molar refractivity (Wildman–Crippen MR) is 128 cm³/mol. The Hall–Kier alpha value is -1.95. The molecular formula is C23H25F4N5S2. The van der Waals surface area contributed by atoms with E-state index in [-0.39, 0.29) is 16.1 Å². The number of halogens is 4. The maximum atomic E-state index is 14.3. The van der Waals surface area contributed by atoms with Gasteiger partial charge in [-0.3, -0.25) is 10.0 Å². The third-order valence-corrected chi connectivity index (χ3v) is 8.27. The number of rotatable bonds is 6. The fraction of sp³-hybridized carbons (Fsp3) is 0.478. The van der Waals surface area contributed by atoms with Crippen molar-refractivity contribution in [2.75, 3.05) is 31.1 Å². The maximum Gasteiger partial charge on any atom is 0.393 e. The summed E-state index contributed by atoms with van der Waals surface area (Å²) in [5.41, 5.74) is 1.67. The molecule has 34 heavy (non-hydrogen) atoms. The summed E-state index contributed by atoms with van der Waals surface area (Å²) in [4.78, 5) is 14.1. The van der Waals surface area contributed by atoms with Crippen LogP contribution in [0.2, 0.25) is 0 Å². The van der Waals surface area contributed by atoms with Crippen LogP contribution in [-0.4, -0.2) is 47.2 Å². The van der Waals surface area contributed by atoms with Crippen molar-refractivity contribution in [3.8, 4) is 0 Å². The van der Waals surface area contributed by atoms with Gasteiger partial charge in [-0.2, -0.15) is 13.2 Å². The van der Waals surface area contributed by atoms with Crippen LogP contribution >= 0.6 is 23.3 Å². The number of thiophene rings is 1. The van der Waals surface area contributed by atoms with Gasteiger partial charge in [-0.1, -0.05) is 24.1 Å². The van der Waals surface area contributed by atoms with Gasteiger partial charge in [0.25, 0.3) is 0 Å². The van der Waals surface area contributed by atoms with E-state index in [1.807, 2.05) is 12.1 Å². The first-order valence-electron chi connectivity index (χ1n) is 11.1. The molecule has 5 rings (SSSR count). The Balaban J connectivity index is 1.27. The summed E-state index contributed by atoms with van der Waals surface area (Å²) in [7, 11) is 0. The first-order valence-corrected chi connectivity index (χ1v) is 13.0. The number of alkyl halides is 3. The molecular weight excluding hydrogens is 486 g/mol. The average molecular weight is 512 g/mol. The first-order chi connectivity index (χ1) is 16.2. The standard InChI is InChI=1S/C23H25F4N5S2/c24-19-7-15(1-2-16(19)11-33-28)10-31-5-3-22(12-31)4-6-32(13-22)20-18-8-17(9-23(25,26)27)34-21(18)30-14-29-20/h1-2,7-8,14H,3-6,9-13,28H2. The lowest BCUT2D eigenvalue weighted by Gasteiger charge is -2.25. The van der Waals surface area contributed by atoms with E-state index in [1.54, 1.807) is 12.1 Å². The quantitative estimate of drug-likeness (QED) is 0.365. The van der Waals surface area contributed by atoms with Crippen molar-refractivity contribution in [2.24, 2.45) is 10.6 Å². The molecule has 0 bridgehead atoms. The van der Waals surface area contributed by atoms with Gasteiger partial charge in [0.15, 0.2) is 0 Å². The van der Waals surface area contributed by atoms with Gasteiger partial charge in [0.05, 0.1) is 11.8 Å². The molecule has 11 heteroatoms. The third-order valence-electron chi connectivity index (χ3n) is 6.75. The van der Waals surface area contributed by atoms with Crippen LogP contribution in [0.5, 0.6) is 0 Å². The Morgan fingerprint density at radius 3 is 2.71 bits per heavy atom. The second-order valence-corrected chi connectivity index (χ2v) is 11.0. The van der Waals surface area contributed by atoms with Gasteiger partial charge in [-0.05, 0) is 42.6 Å². The second kappa shape index (κ2) is 9.25. The molecule has 2 aliphatic heterocycles. The summed E-state index contributed by atoms with van der Waals surface area (Å²) in [6, 6.07) is 6.97. The van der Waals surface area contributed by atoms with Gasteiger partial charge >= 0.3 is 6.18 Å². The van der Waals surface area contributed by atoms with Crippen molar-refractivity contribution in [2.45, 2.75) is 37.7 Å². The molecule has 1 spiro atoms. The molecule has 1 atom stereocenters. The molecule has 1 unspecified atom stereocenters. The van der Waals surface area contributed by atoms with E-state index in [0.717, 1.165) is 73.7 Å². The van der Waals surface area contributed by atoms with Gasteiger partial charge in [-0.15, -0.1) is 11.3 Å². The topological polar surface area (TPSA) is 58.3 Å². The number of fused-ring (bicyclic) bond motifs is 1. The third kappa shape index (κ3) is 5.02. The van der Waals surface area contributed by atoms with Crippen LogP contribution in [0.4, 0.5) is 23.4 Å². The fourth-order valence-corrected chi connectivity index (χ4v) is 6.63. The zero-order valence-corrected chi connectivity index (χ0v) is 20.1. The molecule has 0 radical (unpaired) electrons. The Morgan fingerprint density at radius 1 is 1.12 bits per heavy atom. The van der Waals surface area contributed by atoms with Gasteiger partial charge in [0.1, 0.15) is 22.8 Å². The van der Waals surface area contributed by atoms with E-state index in [0.29, 0.717) is 28.1 Å². The summed E-state index contributed by atoms with van der Waals surface area (Å²) in [6.07, 6.45) is -1.72. The van der Waals surface area contributed by atoms with E-state index in [4.69, 9.17) is 5.14 Å². The molecule has 2 N–H and O–H groups in total. The fourth-order valence-electron chi connectivity index (χ4n) is 5.20. The highest BCUT2D eigenvalue weighted by Gasteiger charge is 2.44. The van der Waals surface area contributed by atoms with Crippen molar-refractivity contribution in [3.63, 3.8) is 0 Å². The number of aromatic nitrogens is 2. The summed E-state index contributed by atoms with van der Waals surface area (Å²) >= 11 is 2.19. The Bertz CT molecular complexity index is 1180. The van der Waals surface area contributed by atoms with Crippen molar-refractivity contribution >= 4 is 39.3 Å². The van der Waals surface area contributed by atoms with Crippen molar-refractivity contribution < 1.29 is 17.6 Å². The molecule has 2 aliphatic rings. The highest BCUT2D eigenvalue weighted by atomic mass is 32.2. The van der Waals surface area contributed by atoms with Gasteiger partial charge in [0, 0.05) is 42.2 Å². The van der Waals surface area contributed by atoms with E-state index in [9.17, 15) is 17.6 Å². The molecule has 2 aromatic heterocycles. The van der Waals surface area contributed by atoms with E-state index in [1.165, 1.54) is 6.33 Å². The maximum absolute atomic E-state index is 14.3. The molecule has 2 fully saturated rings. The lowest BCUT2D eigenvalue weighted by molar-refractivity contribution is -0.126. The number of nitrogens with two attached hydrogens (primary N) is 1. The lowest BCUT2D eigenvalue weighted by atomic mass is 9.86. The molecule has 0 saturated carbocycles. The number of likely N-dealkylation sites (tertiary alicyclic amines) is 1. The number of anilines is 1. The van der Waals surface area contributed by atoms with Crippen LogP contribution in [0.15, 0.2) is 30.6 Å². The molecule has 182 valence electrons. The van der Waals surface area contributed by atoms with Crippen LogP contribution < -0.4 is 10.0 Å².